The third-order valence-electron chi connectivity index (χ3n) is 5.51. The number of anilines is 1. The first-order valence-electron chi connectivity index (χ1n) is 11.3. The van der Waals surface area contributed by atoms with E-state index in [2.05, 4.69) is 27.9 Å². The maximum absolute atomic E-state index is 13.7. The van der Waals surface area contributed by atoms with Gasteiger partial charge in [0.2, 0.25) is 11.8 Å². The third-order valence-corrected chi connectivity index (χ3v) is 8.27. The van der Waals surface area contributed by atoms with E-state index >= 15 is 0 Å². The largest absolute Gasteiger partial charge is 0.355 e. The van der Waals surface area contributed by atoms with Crippen LogP contribution in [0.25, 0.3) is 0 Å². The molecule has 1 N–H and O–H groups in total. The van der Waals surface area contributed by atoms with Gasteiger partial charge in [0.15, 0.2) is 0 Å². The van der Waals surface area contributed by atoms with Crippen LogP contribution in [0.2, 0.25) is 5.02 Å². The van der Waals surface area contributed by atoms with Gasteiger partial charge < -0.3 is 10.2 Å². The van der Waals surface area contributed by atoms with Gasteiger partial charge >= 0.3 is 0 Å². The molecule has 2 amide bonds. The summed E-state index contributed by atoms with van der Waals surface area (Å²) in [6, 6.07) is 20.9. The van der Waals surface area contributed by atoms with Crippen LogP contribution in [-0.4, -0.2) is 44.3 Å². The second-order valence-corrected chi connectivity index (χ2v) is 11.6. The monoisotopic (exact) mass is 639 g/mol. The van der Waals surface area contributed by atoms with E-state index in [1.54, 1.807) is 80.6 Å². The molecular weight excluding hydrogens is 613 g/mol. The van der Waals surface area contributed by atoms with Crippen molar-refractivity contribution in [2.75, 3.05) is 17.4 Å². The standard InChI is InChI=1S/C26H27ClIN3O4S/c1-3-29-26(33)19(2)30(17-20-9-11-21(27)12-10-20)25(32)18-31(23-15-13-22(28)14-16-23)36(34,35)24-7-5-4-6-8-24/h4-16,19H,3,17-18H2,1-2H3,(H,29,33)/t19-/m1/s1. The molecule has 0 aliphatic rings. The molecule has 0 radical (unpaired) electrons. The van der Waals surface area contributed by atoms with Crippen molar-refractivity contribution in [3.8, 4) is 0 Å². The minimum absolute atomic E-state index is 0.0670. The van der Waals surface area contributed by atoms with Crippen LogP contribution in [0.15, 0.2) is 83.8 Å². The SMILES string of the molecule is CCNC(=O)[C@@H](C)N(Cc1ccc(Cl)cc1)C(=O)CN(c1ccc(I)cc1)S(=O)(=O)c1ccccc1. The molecule has 3 aromatic carbocycles. The lowest BCUT2D eigenvalue weighted by molar-refractivity contribution is -0.139. The number of amides is 2. The summed E-state index contributed by atoms with van der Waals surface area (Å²) in [5, 5.41) is 3.28. The Hall–Kier alpha value is -2.63. The average Bonchev–Trinajstić information content (AvgIpc) is 2.87. The van der Waals surface area contributed by atoms with E-state index in [9.17, 15) is 18.0 Å². The number of benzene rings is 3. The zero-order valence-corrected chi connectivity index (χ0v) is 23.6. The molecule has 0 aliphatic carbocycles. The summed E-state index contributed by atoms with van der Waals surface area (Å²) in [4.78, 5) is 27.8. The first kappa shape index (κ1) is 27.9. The van der Waals surface area contributed by atoms with Gasteiger partial charge in [-0.3, -0.25) is 13.9 Å². The Morgan fingerprint density at radius 1 is 0.972 bits per heavy atom. The van der Waals surface area contributed by atoms with Gasteiger partial charge in [-0.25, -0.2) is 8.42 Å². The van der Waals surface area contributed by atoms with E-state index in [0.717, 1.165) is 13.4 Å². The van der Waals surface area contributed by atoms with Crippen LogP contribution in [0.4, 0.5) is 5.69 Å². The van der Waals surface area contributed by atoms with Gasteiger partial charge in [-0.2, -0.15) is 0 Å². The number of sulfonamides is 1. The number of hydrogen-bond donors (Lipinski definition) is 1. The van der Waals surface area contributed by atoms with Gasteiger partial charge in [0.25, 0.3) is 10.0 Å². The zero-order chi connectivity index (χ0) is 26.3. The van der Waals surface area contributed by atoms with E-state index in [-0.39, 0.29) is 17.3 Å². The molecule has 3 rings (SSSR count). The third kappa shape index (κ3) is 6.98. The normalized spacial score (nSPS) is 12.0. The summed E-state index contributed by atoms with van der Waals surface area (Å²) >= 11 is 8.13. The van der Waals surface area contributed by atoms with Crippen LogP contribution in [0, 0.1) is 3.57 Å². The summed E-state index contributed by atoms with van der Waals surface area (Å²) in [6.45, 7) is 3.46. The Balaban J connectivity index is 2.00. The van der Waals surface area contributed by atoms with Crippen molar-refractivity contribution in [2.45, 2.75) is 31.3 Å². The molecule has 3 aromatic rings. The molecule has 0 unspecified atom stereocenters. The van der Waals surface area contributed by atoms with E-state index in [4.69, 9.17) is 11.6 Å². The maximum atomic E-state index is 13.7. The zero-order valence-electron chi connectivity index (χ0n) is 19.9. The molecule has 1 atom stereocenters. The molecule has 36 heavy (non-hydrogen) atoms. The molecule has 0 saturated carbocycles. The molecule has 0 bridgehead atoms. The quantitative estimate of drug-likeness (QED) is 0.326. The van der Waals surface area contributed by atoms with Gasteiger partial charge in [-0.15, -0.1) is 0 Å². The Kier molecular flexibility index (Phi) is 9.75. The summed E-state index contributed by atoms with van der Waals surface area (Å²) in [7, 11) is -4.06. The predicted molar refractivity (Wildman–Crippen MR) is 150 cm³/mol. The van der Waals surface area contributed by atoms with Gasteiger partial charge in [0.1, 0.15) is 12.6 Å². The fourth-order valence-corrected chi connectivity index (χ4v) is 5.47. The Morgan fingerprint density at radius 2 is 1.58 bits per heavy atom. The summed E-state index contributed by atoms with van der Waals surface area (Å²) < 4.78 is 29.3. The number of halogens is 2. The Morgan fingerprint density at radius 3 is 2.17 bits per heavy atom. The van der Waals surface area contributed by atoms with Crippen LogP contribution in [-0.2, 0) is 26.2 Å². The highest BCUT2D eigenvalue weighted by Gasteiger charge is 2.32. The molecule has 0 aliphatic heterocycles. The number of carbonyl (C=O) groups excluding carboxylic acids is 2. The lowest BCUT2D eigenvalue weighted by Crippen LogP contribution is -2.51. The topological polar surface area (TPSA) is 86.8 Å². The van der Waals surface area contributed by atoms with Gasteiger partial charge in [-0.1, -0.05) is 41.9 Å². The Bertz CT molecular complexity index is 1290. The first-order chi connectivity index (χ1) is 17.1. The lowest BCUT2D eigenvalue weighted by atomic mass is 10.1. The van der Waals surface area contributed by atoms with Gasteiger partial charge in [0, 0.05) is 21.7 Å². The molecule has 190 valence electrons. The summed E-state index contributed by atoms with van der Waals surface area (Å²) in [5.41, 5.74) is 1.11. The number of carbonyl (C=O) groups is 2. The van der Waals surface area contributed by atoms with Crippen molar-refractivity contribution in [1.82, 2.24) is 10.2 Å². The fourth-order valence-electron chi connectivity index (χ4n) is 3.55. The van der Waals surface area contributed by atoms with Gasteiger partial charge in [0.05, 0.1) is 10.6 Å². The van der Waals surface area contributed by atoms with Crippen molar-refractivity contribution >= 4 is 61.7 Å². The number of nitrogens with zero attached hydrogens (tertiary/aromatic N) is 2. The van der Waals surface area contributed by atoms with E-state index in [0.29, 0.717) is 17.3 Å². The summed E-state index contributed by atoms with van der Waals surface area (Å²) in [6.07, 6.45) is 0. The molecular formula is C26H27ClIN3O4S. The second kappa shape index (κ2) is 12.6. The number of nitrogens with one attached hydrogen (secondary N) is 1. The molecule has 0 saturated heterocycles. The molecule has 10 heteroatoms. The summed E-state index contributed by atoms with van der Waals surface area (Å²) in [5.74, 6) is -0.840. The van der Waals surface area contributed by atoms with E-state index in [1.807, 2.05) is 0 Å². The second-order valence-electron chi connectivity index (χ2n) is 8.02. The number of rotatable bonds is 10. The highest BCUT2D eigenvalue weighted by molar-refractivity contribution is 14.1. The highest BCUT2D eigenvalue weighted by Crippen LogP contribution is 2.25. The maximum Gasteiger partial charge on any atom is 0.264 e. The fraction of sp³-hybridized carbons (Fsp3) is 0.231. The van der Waals surface area contributed by atoms with Crippen LogP contribution in [0.3, 0.4) is 0 Å². The molecule has 7 nitrogen and oxygen atoms in total. The van der Waals surface area contributed by atoms with Crippen molar-refractivity contribution in [3.05, 3.63) is 93.0 Å². The predicted octanol–water partition coefficient (Wildman–Crippen LogP) is 4.69. The van der Waals surface area contributed by atoms with E-state index < -0.39 is 28.5 Å². The highest BCUT2D eigenvalue weighted by atomic mass is 127. The molecule has 0 spiro atoms. The van der Waals surface area contributed by atoms with Crippen molar-refractivity contribution < 1.29 is 18.0 Å². The minimum atomic E-state index is -4.06. The first-order valence-corrected chi connectivity index (χ1v) is 14.2. The molecule has 0 aromatic heterocycles. The number of likely N-dealkylation sites (N-methyl/N-ethyl adjacent to an activating group) is 1. The van der Waals surface area contributed by atoms with Crippen molar-refractivity contribution in [3.63, 3.8) is 0 Å². The van der Waals surface area contributed by atoms with Crippen LogP contribution >= 0.6 is 34.2 Å². The van der Waals surface area contributed by atoms with Crippen LogP contribution < -0.4 is 9.62 Å². The smallest absolute Gasteiger partial charge is 0.264 e. The molecule has 0 fully saturated rings. The van der Waals surface area contributed by atoms with Crippen LogP contribution in [0.1, 0.15) is 19.4 Å². The minimum Gasteiger partial charge on any atom is -0.355 e. The lowest BCUT2D eigenvalue weighted by Gasteiger charge is -2.32. The van der Waals surface area contributed by atoms with Crippen LogP contribution in [0.5, 0.6) is 0 Å². The number of hydrogen-bond acceptors (Lipinski definition) is 4. The van der Waals surface area contributed by atoms with Gasteiger partial charge in [-0.05, 0) is 90.5 Å². The average molecular weight is 640 g/mol. The molecule has 0 heterocycles. The Labute approximate surface area is 230 Å². The van der Waals surface area contributed by atoms with Crippen molar-refractivity contribution in [1.29, 1.82) is 0 Å². The van der Waals surface area contributed by atoms with E-state index in [1.165, 1.54) is 17.0 Å². The van der Waals surface area contributed by atoms with Crippen molar-refractivity contribution in [2.24, 2.45) is 0 Å².